The lowest BCUT2D eigenvalue weighted by molar-refractivity contribution is -0.0511. The highest BCUT2D eigenvalue weighted by Crippen LogP contribution is 2.61. The van der Waals surface area contributed by atoms with Gasteiger partial charge < -0.3 is 9.47 Å². The Morgan fingerprint density at radius 2 is 2.00 bits per heavy atom. The molecule has 0 amide bonds. The fourth-order valence-corrected chi connectivity index (χ4v) is 5.64. The van der Waals surface area contributed by atoms with E-state index in [1.807, 2.05) is 0 Å². The Kier molecular flexibility index (Phi) is 6.36. The average molecular weight is 335 g/mol. The second-order valence-electron chi connectivity index (χ2n) is 8.98. The molecule has 0 spiro atoms. The molecule has 2 fully saturated rings. The zero-order valence-corrected chi connectivity index (χ0v) is 16.8. The summed E-state index contributed by atoms with van der Waals surface area (Å²) in [6, 6.07) is 0. The molecule has 24 heavy (non-hydrogen) atoms. The van der Waals surface area contributed by atoms with Gasteiger partial charge in [-0.2, -0.15) is 0 Å². The molecule has 4 atom stereocenters. The maximum atomic E-state index is 5.53. The van der Waals surface area contributed by atoms with E-state index in [1.54, 1.807) is 14.2 Å². The van der Waals surface area contributed by atoms with Crippen molar-refractivity contribution in [1.29, 1.82) is 0 Å². The van der Waals surface area contributed by atoms with Gasteiger partial charge in [0.25, 0.3) is 0 Å². The van der Waals surface area contributed by atoms with Gasteiger partial charge in [-0.25, -0.2) is 0 Å². The first-order chi connectivity index (χ1) is 11.3. The van der Waals surface area contributed by atoms with Crippen LogP contribution in [0, 0.1) is 22.7 Å². The molecule has 2 heteroatoms. The van der Waals surface area contributed by atoms with E-state index in [0.29, 0.717) is 23.4 Å². The monoisotopic (exact) mass is 334 g/mol. The molecule has 0 heterocycles. The number of hydrogen-bond donors (Lipinski definition) is 0. The van der Waals surface area contributed by atoms with Crippen LogP contribution >= 0.6 is 0 Å². The Morgan fingerprint density at radius 3 is 2.62 bits per heavy atom. The van der Waals surface area contributed by atoms with Crippen LogP contribution in [0.15, 0.2) is 23.8 Å². The van der Waals surface area contributed by atoms with Crippen LogP contribution in [-0.4, -0.2) is 26.9 Å². The molecule has 2 rings (SSSR count). The molecule has 0 N–H and O–H groups in total. The van der Waals surface area contributed by atoms with Crippen molar-refractivity contribution in [2.45, 2.75) is 72.3 Å². The molecular formula is C22H38O2. The van der Waals surface area contributed by atoms with E-state index in [9.17, 15) is 0 Å². The molecule has 0 aromatic rings. The second kappa shape index (κ2) is 7.74. The number of rotatable bonds is 6. The molecule has 1 unspecified atom stereocenters. The van der Waals surface area contributed by atoms with Crippen LogP contribution in [0.5, 0.6) is 0 Å². The minimum atomic E-state index is 0.119. The summed E-state index contributed by atoms with van der Waals surface area (Å²) in [7, 11) is 3.53. The van der Waals surface area contributed by atoms with Gasteiger partial charge in [0.05, 0.1) is 12.7 Å². The average Bonchev–Trinajstić information content (AvgIpc) is 2.51. The summed E-state index contributed by atoms with van der Waals surface area (Å²) in [6.45, 7) is 14.7. The second-order valence-corrected chi connectivity index (χ2v) is 8.98. The smallest absolute Gasteiger partial charge is 0.0775 e. The van der Waals surface area contributed by atoms with Crippen molar-refractivity contribution in [3.05, 3.63) is 23.8 Å². The zero-order chi connectivity index (χ0) is 18.0. The first-order valence-corrected chi connectivity index (χ1v) is 9.64. The molecule has 0 aliphatic heterocycles. The van der Waals surface area contributed by atoms with Crippen LogP contribution in [0.2, 0.25) is 0 Å². The zero-order valence-electron chi connectivity index (χ0n) is 16.8. The van der Waals surface area contributed by atoms with Crippen molar-refractivity contribution < 1.29 is 9.47 Å². The van der Waals surface area contributed by atoms with Gasteiger partial charge >= 0.3 is 0 Å². The van der Waals surface area contributed by atoms with Crippen LogP contribution < -0.4 is 0 Å². The minimum Gasteiger partial charge on any atom is -0.380 e. The topological polar surface area (TPSA) is 18.5 Å². The number of allylic oxidation sites excluding steroid dienone is 2. The lowest BCUT2D eigenvalue weighted by Gasteiger charge is -2.58. The number of hydrogen-bond acceptors (Lipinski definition) is 2. The van der Waals surface area contributed by atoms with E-state index in [2.05, 4.69) is 40.3 Å². The van der Waals surface area contributed by atoms with Crippen LogP contribution in [-0.2, 0) is 9.47 Å². The van der Waals surface area contributed by atoms with Crippen molar-refractivity contribution in [3.8, 4) is 0 Å². The van der Waals surface area contributed by atoms with Gasteiger partial charge in [-0.15, -0.1) is 0 Å². The molecule has 0 saturated heterocycles. The molecular weight excluding hydrogens is 296 g/mol. The van der Waals surface area contributed by atoms with Crippen molar-refractivity contribution in [1.82, 2.24) is 0 Å². The van der Waals surface area contributed by atoms with E-state index in [0.717, 1.165) is 12.3 Å². The summed E-state index contributed by atoms with van der Waals surface area (Å²) < 4.78 is 10.9. The summed E-state index contributed by atoms with van der Waals surface area (Å²) in [5.41, 5.74) is 3.57. The third-order valence-electron chi connectivity index (χ3n) is 7.12. The Hall–Kier alpha value is -0.600. The highest BCUT2D eigenvalue weighted by Gasteiger charge is 2.52. The summed E-state index contributed by atoms with van der Waals surface area (Å²) in [4.78, 5) is 0. The van der Waals surface area contributed by atoms with Gasteiger partial charge in [-0.1, -0.05) is 45.4 Å². The third-order valence-corrected chi connectivity index (χ3v) is 7.12. The van der Waals surface area contributed by atoms with Crippen LogP contribution in [0.25, 0.3) is 0 Å². The molecule has 2 aliphatic carbocycles. The van der Waals surface area contributed by atoms with Crippen LogP contribution in [0.3, 0.4) is 0 Å². The summed E-state index contributed by atoms with van der Waals surface area (Å²) in [5.74, 6) is 1.40. The first-order valence-electron chi connectivity index (χ1n) is 9.64. The molecule has 0 aromatic carbocycles. The first kappa shape index (κ1) is 19.7. The number of fused-ring (bicyclic) bond motifs is 1. The summed E-state index contributed by atoms with van der Waals surface area (Å²) in [5, 5.41) is 0. The molecule has 0 bridgehead atoms. The van der Waals surface area contributed by atoms with E-state index >= 15 is 0 Å². The third kappa shape index (κ3) is 3.80. The van der Waals surface area contributed by atoms with Gasteiger partial charge in [-0.05, 0) is 67.3 Å². The maximum absolute atomic E-state index is 5.53. The Morgan fingerprint density at radius 1 is 1.29 bits per heavy atom. The van der Waals surface area contributed by atoms with Crippen molar-refractivity contribution in [2.75, 3.05) is 20.8 Å². The van der Waals surface area contributed by atoms with Crippen molar-refractivity contribution in [3.63, 3.8) is 0 Å². The van der Waals surface area contributed by atoms with Gasteiger partial charge in [0, 0.05) is 14.2 Å². The van der Waals surface area contributed by atoms with Gasteiger partial charge in [0.2, 0.25) is 0 Å². The molecule has 2 nitrogen and oxygen atoms in total. The Balaban J connectivity index is 2.24. The maximum Gasteiger partial charge on any atom is 0.0775 e. The van der Waals surface area contributed by atoms with E-state index in [4.69, 9.17) is 9.47 Å². The van der Waals surface area contributed by atoms with E-state index in [-0.39, 0.29) is 6.10 Å². The van der Waals surface area contributed by atoms with Crippen LogP contribution in [0.4, 0.5) is 0 Å². The fourth-order valence-electron chi connectivity index (χ4n) is 5.64. The highest BCUT2D eigenvalue weighted by atomic mass is 16.5. The summed E-state index contributed by atoms with van der Waals surface area (Å²) in [6.07, 6.45) is 10.2. The highest BCUT2D eigenvalue weighted by molar-refractivity contribution is 5.19. The molecule has 0 radical (unpaired) electrons. The van der Waals surface area contributed by atoms with Crippen molar-refractivity contribution >= 4 is 0 Å². The molecule has 2 aliphatic rings. The van der Waals surface area contributed by atoms with Gasteiger partial charge in [0.1, 0.15) is 0 Å². The van der Waals surface area contributed by atoms with Crippen LogP contribution in [0.1, 0.15) is 66.2 Å². The normalized spacial score (nSPS) is 34.8. The summed E-state index contributed by atoms with van der Waals surface area (Å²) >= 11 is 0. The lowest BCUT2D eigenvalue weighted by Crippen LogP contribution is -2.49. The Bertz CT molecular complexity index is 476. The largest absolute Gasteiger partial charge is 0.380 e. The van der Waals surface area contributed by atoms with Crippen molar-refractivity contribution in [2.24, 2.45) is 22.7 Å². The SMILES string of the molecule is C=C1CC[C@H]2C(C)(C)CCC[C@]2(C)[C@H]1C/C=C(\COC)C(C)OC. The predicted octanol–water partition coefficient (Wildman–Crippen LogP) is 5.78. The fraction of sp³-hybridized carbons (Fsp3) is 0.818. The quantitative estimate of drug-likeness (QED) is 0.573. The number of methoxy groups -OCH3 is 2. The number of ether oxygens (including phenoxy) is 2. The standard InChI is InChI=1S/C22H38O2/c1-16-9-12-20-21(3,4)13-8-14-22(20,5)19(16)11-10-18(15-23-6)17(2)24-7/h10,17,19-20H,1,8-9,11-15H2,2-7H3/b18-10+/t17?,19-,20-,22+/m0/s1. The lowest BCUT2D eigenvalue weighted by atomic mass is 9.47. The molecule has 138 valence electrons. The van der Waals surface area contributed by atoms with E-state index < -0.39 is 0 Å². The predicted molar refractivity (Wildman–Crippen MR) is 102 cm³/mol. The molecule has 0 aromatic heterocycles. The Labute approximate surface area is 149 Å². The minimum absolute atomic E-state index is 0.119. The van der Waals surface area contributed by atoms with Gasteiger partial charge in [-0.3, -0.25) is 0 Å². The van der Waals surface area contributed by atoms with Gasteiger partial charge in [0.15, 0.2) is 0 Å². The molecule has 2 saturated carbocycles. The van der Waals surface area contributed by atoms with E-state index in [1.165, 1.54) is 43.3 Å².